The van der Waals surface area contributed by atoms with Crippen LogP contribution in [0.5, 0.6) is 0 Å². The monoisotopic (exact) mass is 299 g/mol. The van der Waals surface area contributed by atoms with Crippen LogP contribution in [0.25, 0.3) is 5.69 Å². The van der Waals surface area contributed by atoms with Crippen molar-refractivity contribution in [2.45, 2.75) is 29.7 Å². The van der Waals surface area contributed by atoms with Crippen molar-refractivity contribution in [3.05, 3.63) is 42.0 Å². The summed E-state index contributed by atoms with van der Waals surface area (Å²) in [5.74, 6) is 3.00. The predicted molar refractivity (Wildman–Crippen MR) is 77.1 cm³/mol. The summed E-state index contributed by atoms with van der Waals surface area (Å²) in [6, 6.07) is 9.84. The highest BCUT2D eigenvalue weighted by atomic mass is 32.2. The molecular formula is C13H13N7S. The number of aromatic amines is 1. The number of hydrogen-bond donors (Lipinski definition) is 1. The van der Waals surface area contributed by atoms with E-state index in [2.05, 4.69) is 30.7 Å². The lowest BCUT2D eigenvalue weighted by Gasteiger charge is -2.02. The highest BCUT2D eigenvalue weighted by Gasteiger charge is 2.27. The van der Waals surface area contributed by atoms with Gasteiger partial charge in [-0.3, -0.25) is 5.10 Å². The summed E-state index contributed by atoms with van der Waals surface area (Å²) >= 11 is 1.54. The first-order chi connectivity index (χ1) is 10.4. The molecule has 21 heavy (non-hydrogen) atoms. The fourth-order valence-corrected chi connectivity index (χ4v) is 2.77. The molecule has 1 aliphatic carbocycles. The van der Waals surface area contributed by atoms with E-state index in [0.717, 1.165) is 22.5 Å². The zero-order valence-electron chi connectivity index (χ0n) is 11.2. The Kier molecular flexibility index (Phi) is 3.15. The molecule has 1 saturated carbocycles. The summed E-state index contributed by atoms with van der Waals surface area (Å²) in [6.07, 6.45) is 2.43. The normalized spacial score (nSPS) is 14.5. The largest absolute Gasteiger partial charge is 0.262 e. The van der Waals surface area contributed by atoms with Crippen molar-refractivity contribution in [3.8, 4) is 5.69 Å². The van der Waals surface area contributed by atoms with Gasteiger partial charge >= 0.3 is 0 Å². The first-order valence-corrected chi connectivity index (χ1v) is 7.76. The molecule has 8 heteroatoms. The van der Waals surface area contributed by atoms with Gasteiger partial charge in [0.15, 0.2) is 5.82 Å². The summed E-state index contributed by atoms with van der Waals surface area (Å²) in [7, 11) is 0. The maximum absolute atomic E-state index is 4.49. The fraction of sp³-hybridized carbons (Fsp3) is 0.308. The lowest BCUT2D eigenvalue weighted by molar-refractivity contribution is 0.777. The van der Waals surface area contributed by atoms with E-state index >= 15 is 0 Å². The minimum absolute atomic E-state index is 0.585. The molecule has 7 nitrogen and oxygen atoms in total. The summed E-state index contributed by atoms with van der Waals surface area (Å²) < 4.78 is 1.74. The van der Waals surface area contributed by atoms with Crippen LogP contribution >= 0.6 is 11.8 Å². The highest BCUT2D eigenvalue weighted by molar-refractivity contribution is 7.98. The number of aromatic nitrogens is 7. The number of nitrogens with one attached hydrogen (secondary N) is 1. The standard InChI is InChI=1S/C13H13N7S/c1-2-4-10(5-3-1)20-11(15-18-19-20)8-21-13-14-12(16-17-13)9-6-7-9/h1-5,9H,6-8H2,(H,14,16,17). The Hall–Kier alpha value is -2.22. The van der Waals surface area contributed by atoms with Crippen molar-refractivity contribution in [3.63, 3.8) is 0 Å². The third-order valence-corrected chi connectivity index (χ3v) is 4.15. The SMILES string of the molecule is c1ccc(-n2nnnc2CSc2n[nH]c(C3CC3)n2)cc1. The Morgan fingerprint density at radius 1 is 1.24 bits per heavy atom. The van der Waals surface area contributed by atoms with Gasteiger partial charge in [0.1, 0.15) is 5.82 Å². The first kappa shape index (κ1) is 12.5. The second kappa shape index (κ2) is 5.28. The number of tetrazole rings is 1. The summed E-state index contributed by atoms with van der Waals surface area (Å²) in [5.41, 5.74) is 0.951. The van der Waals surface area contributed by atoms with Crippen molar-refractivity contribution >= 4 is 11.8 Å². The zero-order chi connectivity index (χ0) is 14.1. The third-order valence-electron chi connectivity index (χ3n) is 3.31. The average Bonchev–Trinajstić information content (AvgIpc) is 3.10. The fourth-order valence-electron chi connectivity index (χ4n) is 2.06. The minimum atomic E-state index is 0.585. The maximum atomic E-state index is 4.49. The molecule has 0 bridgehead atoms. The van der Waals surface area contributed by atoms with E-state index < -0.39 is 0 Å². The molecule has 0 saturated heterocycles. The van der Waals surface area contributed by atoms with Gasteiger partial charge in [-0.15, -0.1) is 10.2 Å². The smallest absolute Gasteiger partial charge is 0.208 e. The molecule has 2 aromatic heterocycles. The van der Waals surface area contributed by atoms with Crippen LogP contribution in [0.4, 0.5) is 0 Å². The van der Waals surface area contributed by atoms with E-state index in [4.69, 9.17) is 0 Å². The van der Waals surface area contributed by atoms with Crippen LogP contribution in [0.15, 0.2) is 35.5 Å². The van der Waals surface area contributed by atoms with Crippen molar-refractivity contribution in [1.29, 1.82) is 0 Å². The van der Waals surface area contributed by atoms with Gasteiger partial charge in [0.05, 0.1) is 11.4 Å². The number of para-hydroxylation sites is 1. The Bertz CT molecular complexity index is 732. The van der Waals surface area contributed by atoms with Crippen LogP contribution < -0.4 is 0 Å². The number of rotatable bonds is 5. The number of benzene rings is 1. The molecule has 0 spiro atoms. The van der Waals surface area contributed by atoms with Gasteiger partial charge in [-0.05, 0) is 35.4 Å². The van der Waals surface area contributed by atoms with Crippen molar-refractivity contribution in [1.82, 2.24) is 35.4 Å². The molecule has 0 atom stereocenters. The molecule has 0 unspecified atom stereocenters. The van der Waals surface area contributed by atoms with Crippen molar-refractivity contribution < 1.29 is 0 Å². The van der Waals surface area contributed by atoms with Crippen LogP contribution in [0.2, 0.25) is 0 Å². The molecule has 1 aliphatic rings. The van der Waals surface area contributed by atoms with Crippen molar-refractivity contribution in [2.24, 2.45) is 0 Å². The topological polar surface area (TPSA) is 85.2 Å². The van der Waals surface area contributed by atoms with Crippen LogP contribution in [-0.2, 0) is 5.75 Å². The van der Waals surface area contributed by atoms with Gasteiger partial charge < -0.3 is 0 Å². The Balaban J connectivity index is 1.48. The Morgan fingerprint density at radius 2 is 2.10 bits per heavy atom. The molecule has 0 aliphatic heterocycles. The van der Waals surface area contributed by atoms with Gasteiger partial charge in [-0.2, -0.15) is 4.68 Å². The molecule has 106 valence electrons. The van der Waals surface area contributed by atoms with E-state index in [0.29, 0.717) is 11.7 Å². The lowest BCUT2D eigenvalue weighted by Crippen LogP contribution is -2.01. The van der Waals surface area contributed by atoms with Crippen molar-refractivity contribution in [2.75, 3.05) is 0 Å². The number of nitrogens with zero attached hydrogens (tertiary/aromatic N) is 6. The quantitative estimate of drug-likeness (QED) is 0.725. The second-order valence-electron chi connectivity index (χ2n) is 4.91. The van der Waals surface area contributed by atoms with Gasteiger partial charge in [-0.25, -0.2) is 4.98 Å². The van der Waals surface area contributed by atoms with E-state index in [9.17, 15) is 0 Å². The van der Waals surface area contributed by atoms with Crippen LogP contribution in [-0.4, -0.2) is 35.4 Å². The van der Waals surface area contributed by atoms with Gasteiger partial charge in [0, 0.05) is 5.92 Å². The number of thioether (sulfide) groups is 1. The molecule has 0 amide bonds. The van der Waals surface area contributed by atoms with E-state index in [-0.39, 0.29) is 0 Å². The molecule has 1 fully saturated rings. The lowest BCUT2D eigenvalue weighted by atomic mass is 10.3. The molecule has 3 aromatic rings. The minimum Gasteiger partial charge on any atom is -0.262 e. The number of hydrogen-bond acceptors (Lipinski definition) is 6. The molecular weight excluding hydrogens is 286 g/mol. The Morgan fingerprint density at radius 3 is 2.90 bits per heavy atom. The van der Waals surface area contributed by atoms with E-state index in [1.807, 2.05) is 30.3 Å². The Labute approximate surface area is 125 Å². The summed E-state index contributed by atoms with van der Waals surface area (Å²) in [5, 5.41) is 19.8. The zero-order valence-corrected chi connectivity index (χ0v) is 12.0. The second-order valence-corrected chi connectivity index (χ2v) is 5.85. The summed E-state index contributed by atoms with van der Waals surface area (Å²) in [6.45, 7) is 0. The average molecular weight is 299 g/mol. The van der Waals surface area contributed by atoms with Crippen LogP contribution in [0.3, 0.4) is 0 Å². The first-order valence-electron chi connectivity index (χ1n) is 6.78. The van der Waals surface area contributed by atoms with Gasteiger partial charge in [-0.1, -0.05) is 30.0 Å². The van der Waals surface area contributed by atoms with Crippen LogP contribution in [0.1, 0.15) is 30.4 Å². The van der Waals surface area contributed by atoms with Gasteiger partial charge in [0.25, 0.3) is 0 Å². The molecule has 0 radical (unpaired) electrons. The maximum Gasteiger partial charge on any atom is 0.208 e. The van der Waals surface area contributed by atoms with E-state index in [1.165, 1.54) is 24.6 Å². The molecule has 2 heterocycles. The van der Waals surface area contributed by atoms with E-state index in [1.54, 1.807) is 4.68 Å². The molecule has 4 rings (SSSR count). The molecule has 1 N–H and O–H groups in total. The van der Waals surface area contributed by atoms with Crippen LogP contribution in [0, 0.1) is 0 Å². The number of H-pyrrole nitrogens is 1. The van der Waals surface area contributed by atoms with Gasteiger partial charge in [0.2, 0.25) is 5.16 Å². The third kappa shape index (κ3) is 2.66. The highest BCUT2D eigenvalue weighted by Crippen LogP contribution is 2.38. The summed E-state index contributed by atoms with van der Waals surface area (Å²) in [4.78, 5) is 4.49. The molecule has 1 aromatic carbocycles. The predicted octanol–water partition coefficient (Wildman–Crippen LogP) is 1.95.